The summed E-state index contributed by atoms with van der Waals surface area (Å²) in [5.74, 6) is 0.657. The highest BCUT2D eigenvalue weighted by atomic mass is 16.5. The summed E-state index contributed by atoms with van der Waals surface area (Å²) in [7, 11) is 1.59. The Labute approximate surface area is 77.8 Å². The first-order valence-corrected chi connectivity index (χ1v) is 4.01. The van der Waals surface area contributed by atoms with Crippen molar-refractivity contribution in [1.29, 1.82) is 0 Å². The maximum Gasteiger partial charge on any atom is 0.185 e. The molecule has 1 rings (SSSR count). The molecule has 0 spiro atoms. The van der Waals surface area contributed by atoms with Crippen molar-refractivity contribution in [2.24, 2.45) is 0 Å². The van der Waals surface area contributed by atoms with Gasteiger partial charge in [-0.15, -0.1) is 0 Å². The van der Waals surface area contributed by atoms with Gasteiger partial charge < -0.3 is 4.74 Å². The number of ketones is 1. The minimum absolute atomic E-state index is 0.0728. The van der Waals surface area contributed by atoms with Crippen LogP contribution in [0.3, 0.4) is 0 Å². The molecule has 0 saturated heterocycles. The molecule has 2 nitrogen and oxygen atoms in total. The molecule has 0 atom stereocenters. The summed E-state index contributed by atoms with van der Waals surface area (Å²) in [5.41, 5.74) is 1.50. The molecule has 1 aromatic rings. The lowest BCUT2D eigenvalue weighted by Gasteiger charge is -2.07. The number of hydrogen-bond acceptors (Lipinski definition) is 2. The maximum atomic E-state index is 11.3. The molecule has 0 amide bonds. The van der Waals surface area contributed by atoms with E-state index in [2.05, 4.69) is 6.58 Å². The monoisotopic (exact) mass is 176 g/mol. The van der Waals surface area contributed by atoms with Crippen molar-refractivity contribution in [3.63, 3.8) is 0 Å². The van der Waals surface area contributed by atoms with Gasteiger partial charge in [-0.2, -0.15) is 0 Å². The summed E-state index contributed by atoms with van der Waals surface area (Å²) in [5, 5.41) is 0. The third kappa shape index (κ3) is 1.78. The Hall–Kier alpha value is -1.57. The predicted octanol–water partition coefficient (Wildman–Crippen LogP) is 2.37. The molecule has 0 aliphatic heterocycles. The van der Waals surface area contributed by atoms with E-state index in [-0.39, 0.29) is 5.78 Å². The first-order valence-electron chi connectivity index (χ1n) is 4.01. The minimum Gasteiger partial charge on any atom is -0.496 e. The Morgan fingerprint density at radius 3 is 2.77 bits per heavy atom. The second-order valence-corrected chi connectivity index (χ2v) is 2.70. The van der Waals surface area contributed by atoms with Gasteiger partial charge >= 0.3 is 0 Å². The van der Waals surface area contributed by atoms with Crippen LogP contribution in [0.15, 0.2) is 30.9 Å². The molecule has 2 heteroatoms. The van der Waals surface area contributed by atoms with Crippen molar-refractivity contribution in [2.75, 3.05) is 7.11 Å². The Balaban J connectivity index is 3.22. The van der Waals surface area contributed by atoms with Crippen LogP contribution in [0, 0.1) is 6.92 Å². The van der Waals surface area contributed by atoms with Crippen LogP contribution in [-0.2, 0) is 0 Å². The molecular weight excluding hydrogens is 164 g/mol. The molecule has 0 radical (unpaired) electrons. The number of carbonyl (C=O) groups is 1. The first-order chi connectivity index (χ1) is 6.20. The number of methoxy groups -OCH3 is 1. The lowest BCUT2D eigenvalue weighted by molar-refractivity contribution is 0.104. The molecule has 0 fully saturated rings. The van der Waals surface area contributed by atoms with Crippen LogP contribution in [0.4, 0.5) is 0 Å². The number of carbonyl (C=O) groups excluding carboxylic acids is 1. The van der Waals surface area contributed by atoms with Crippen molar-refractivity contribution in [1.82, 2.24) is 0 Å². The van der Waals surface area contributed by atoms with Gasteiger partial charge in [0, 0.05) is 11.1 Å². The highest BCUT2D eigenvalue weighted by molar-refractivity contribution is 6.05. The molecule has 68 valence electrons. The van der Waals surface area contributed by atoms with E-state index in [0.29, 0.717) is 5.56 Å². The van der Waals surface area contributed by atoms with Gasteiger partial charge in [-0.1, -0.05) is 18.7 Å². The van der Waals surface area contributed by atoms with E-state index >= 15 is 0 Å². The van der Waals surface area contributed by atoms with Crippen LogP contribution in [0.25, 0.3) is 0 Å². The van der Waals surface area contributed by atoms with Gasteiger partial charge in [0.1, 0.15) is 5.75 Å². The number of allylic oxidation sites excluding steroid dienone is 1. The molecule has 0 aliphatic carbocycles. The number of benzene rings is 1. The summed E-state index contributed by atoms with van der Waals surface area (Å²) in [6.45, 7) is 5.30. The van der Waals surface area contributed by atoms with Gasteiger partial charge in [-0.05, 0) is 19.1 Å². The van der Waals surface area contributed by atoms with Crippen LogP contribution >= 0.6 is 0 Å². The van der Waals surface area contributed by atoms with Crippen molar-refractivity contribution >= 4 is 5.78 Å². The lowest BCUT2D eigenvalue weighted by atomic mass is 10.0. The predicted molar refractivity (Wildman–Crippen MR) is 52.3 cm³/mol. The van der Waals surface area contributed by atoms with Crippen LogP contribution in [-0.4, -0.2) is 12.9 Å². The fourth-order valence-electron chi connectivity index (χ4n) is 1.21. The van der Waals surface area contributed by atoms with Gasteiger partial charge in [0.15, 0.2) is 5.78 Å². The third-order valence-corrected chi connectivity index (χ3v) is 1.95. The van der Waals surface area contributed by atoms with Gasteiger partial charge in [-0.3, -0.25) is 4.79 Å². The zero-order valence-electron chi connectivity index (χ0n) is 7.83. The average molecular weight is 176 g/mol. The van der Waals surface area contributed by atoms with Gasteiger partial charge in [0.2, 0.25) is 0 Å². The molecule has 0 aromatic heterocycles. The topological polar surface area (TPSA) is 26.3 Å². The molecule has 1 aromatic carbocycles. The SMILES string of the molecule is C=CC(=O)c1cccc(OC)c1C. The standard InChI is InChI=1S/C11H12O2/c1-4-10(12)9-6-5-7-11(13-3)8(9)2/h4-7H,1H2,2-3H3. The highest BCUT2D eigenvalue weighted by Gasteiger charge is 2.08. The van der Waals surface area contributed by atoms with E-state index in [9.17, 15) is 4.79 Å². The normalized spacial score (nSPS) is 9.38. The summed E-state index contributed by atoms with van der Waals surface area (Å²) in [6.07, 6.45) is 1.31. The quantitative estimate of drug-likeness (QED) is 0.522. The molecule has 0 aliphatic rings. The van der Waals surface area contributed by atoms with E-state index in [0.717, 1.165) is 11.3 Å². The second kappa shape index (κ2) is 3.90. The van der Waals surface area contributed by atoms with Crippen LogP contribution in [0.5, 0.6) is 5.75 Å². The van der Waals surface area contributed by atoms with Crippen LogP contribution < -0.4 is 4.74 Å². The zero-order valence-corrected chi connectivity index (χ0v) is 7.83. The Bertz CT molecular complexity index is 340. The number of rotatable bonds is 3. The first kappa shape index (κ1) is 9.52. The fraction of sp³-hybridized carbons (Fsp3) is 0.182. The maximum absolute atomic E-state index is 11.3. The largest absolute Gasteiger partial charge is 0.496 e. The Morgan fingerprint density at radius 1 is 1.54 bits per heavy atom. The highest BCUT2D eigenvalue weighted by Crippen LogP contribution is 2.21. The third-order valence-electron chi connectivity index (χ3n) is 1.95. The minimum atomic E-state index is -0.0728. The van der Waals surface area contributed by atoms with E-state index in [1.807, 2.05) is 13.0 Å². The van der Waals surface area contributed by atoms with Crippen molar-refractivity contribution in [2.45, 2.75) is 6.92 Å². The molecule has 13 heavy (non-hydrogen) atoms. The van der Waals surface area contributed by atoms with E-state index in [1.165, 1.54) is 6.08 Å². The van der Waals surface area contributed by atoms with Gasteiger partial charge in [0.25, 0.3) is 0 Å². The van der Waals surface area contributed by atoms with Gasteiger partial charge in [0.05, 0.1) is 7.11 Å². The summed E-state index contributed by atoms with van der Waals surface area (Å²) >= 11 is 0. The Kier molecular flexibility index (Phi) is 2.85. The molecule has 0 heterocycles. The van der Waals surface area contributed by atoms with E-state index in [4.69, 9.17) is 4.74 Å². The lowest BCUT2D eigenvalue weighted by Crippen LogP contribution is -1.99. The number of ether oxygens (including phenoxy) is 1. The second-order valence-electron chi connectivity index (χ2n) is 2.70. The van der Waals surface area contributed by atoms with Gasteiger partial charge in [-0.25, -0.2) is 0 Å². The van der Waals surface area contributed by atoms with Crippen molar-refractivity contribution in [3.8, 4) is 5.75 Å². The molecule has 0 bridgehead atoms. The summed E-state index contributed by atoms with van der Waals surface area (Å²) in [6, 6.07) is 5.39. The number of hydrogen-bond donors (Lipinski definition) is 0. The van der Waals surface area contributed by atoms with E-state index < -0.39 is 0 Å². The van der Waals surface area contributed by atoms with Crippen LogP contribution in [0.1, 0.15) is 15.9 Å². The molecular formula is C11H12O2. The summed E-state index contributed by atoms with van der Waals surface area (Å²) < 4.78 is 5.09. The molecule has 0 unspecified atom stereocenters. The van der Waals surface area contributed by atoms with Crippen LogP contribution in [0.2, 0.25) is 0 Å². The molecule has 0 N–H and O–H groups in total. The average Bonchev–Trinajstić information content (AvgIpc) is 2.17. The summed E-state index contributed by atoms with van der Waals surface area (Å²) in [4.78, 5) is 11.3. The zero-order chi connectivity index (χ0) is 9.84. The van der Waals surface area contributed by atoms with E-state index in [1.54, 1.807) is 19.2 Å². The fourth-order valence-corrected chi connectivity index (χ4v) is 1.21. The Morgan fingerprint density at radius 2 is 2.23 bits per heavy atom. The smallest absolute Gasteiger partial charge is 0.185 e. The van der Waals surface area contributed by atoms with Crippen molar-refractivity contribution < 1.29 is 9.53 Å². The molecule has 0 saturated carbocycles. The van der Waals surface area contributed by atoms with Crippen molar-refractivity contribution in [3.05, 3.63) is 42.0 Å².